The van der Waals surface area contributed by atoms with Crippen LogP contribution in [0.2, 0.25) is 0 Å². The molecule has 0 saturated heterocycles. The summed E-state index contributed by atoms with van der Waals surface area (Å²) >= 11 is 0. The van der Waals surface area contributed by atoms with Crippen LogP contribution in [0.4, 0.5) is 11.4 Å². The summed E-state index contributed by atoms with van der Waals surface area (Å²) in [4.78, 5) is 14.2. The summed E-state index contributed by atoms with van der Waals surface area (Å²) in [6, 6.07) is 10.3. The third-order valence-electron chi connectivity index (χ3n) is 2.84. The predicted octanol–water partition coefficient (Wildman–Crippen LogP) is 2.65. The van der Waals surface area contributed by atoms with Gasteiger partial charge < -0.3 is 10.1 Å². The summed E-state index contributed by atoms with van der Waals surface area (Å²) < 4.78 is 4.98. The van der Waals surface area contributed by atoms with Gasteiger partial charge in [0.15, 0.2) is 0 Å². The number of pyridine rings is 1. The molecule has 0 saturated carbocycles. The van der Waals surface area contributed by atoms with Crippen molar-refractivity contribution in [1.29, 1.82) is 0 Å². The summed E-state index contributed by atoms with van der Waals surface area (Å²) in [6.07, 6.45) is 2.48. The third kappa shape index (κ3) is 3.68. The van der Waals surface area contributed by atoms with E-state index in [2.05, 4.69) is 10.3 Å². The Morgan fingerprint density at radius 1 is 1.25 bits per heavy atom. The highest BCUT2D eigenvalue weighted by atomic mass is 16.6. The van der Waals surface area contributed by atoms with Crippen molar-refractivity contribution in [2.24, 2.45) is 0 Å². The van der Waals surface area contributed by atoms with E-state index >= 15 is 0 Å². The smallest absolute Gasteiger partial charge is 0.269 e. The van der Waals surface area contributed by atoms with Crippen LogP contribution in [0, 0.1) is 10.1 Å². The maximum absolute atomic E-state index is 10.5. The van der Waals surface area contributed by atoms with Gasteiger partial charge in [0.2, 0.25) is 5.88 Å². The molecule has 2 aromatic rings. The average Bonchev–Trinajstić information content (AvgIpc) is 2.48. The van der Waals surface area contributed by atoms with E-state index in [1.54, 1.807) is 31.5 Å². The molecule has 0 atom stereocenters. The second-order valence-corrected chi connectivity index (χ2v) is 4.19. The van der Waals surface area contributed by atoms with Gasteiger partial charge in [-0.05, 0) is 18.1 Å². The van der Waals surface area contributed by atoms with E-state index in [4.69, 9.17) is 4.74 Å². The number of hydrogen-bond acceptors (Lipinski definition) is 5. The van der Waals surface area contributed by atoms with Gasteiger partial charge in [-0.3, -0.25) is 10.1 Å². The second kappa shape index (κ2) is 6.51. The minimum absolute atomic E-state index is 0.112. The molecule has 1 aromatic carbocycles. The molecule has 0 aliphatic rings. The Morgan fingerprint density at radius 3 is 2.55 bits per heavy atom. The first-order chi connectivity index (χ1) is 9.69. The molecule has 1 N–H and O–H groups in total. The Bertz CT molecular complexity index is 567. The van der Waals surface area contributed by atoms with E-state index in [0.29, 0.717) is 5.88 Å². The fraction of sp³-hybridized carbons (Fsp3) is 0.214. The van der Waals surface area contributed by atoms with Crippen molar-refractivity contribution in [2.75, 3.05) is 19.0 Å². The lowest BCUT2D eigenvalue weighted by Crippen LogP contribution is -2.05. The normalized spacial score (nSPS) is 10.1. The van der Waals surface area contributed by atoms with Crippen molar-refractivity contribution in [3.63, 3.8) is 0 Å². The maximum atomic E-state index is 10.5. The van der Waals surface area contributed by atoms with E-state index in [9.17, 15) is 10.1 Å². The lowest BCUT2D eigenvalue weighted by molar-refractivity contribution is -0.384. The van der Waals surface area contributed by atoms with Gasteiger partial charge in [0.05, 0.1) is 23.9 Å². The molecule has 0 fully saturated rings. The molecule has 1 heterocycles. The molecule has 0 amide bonds. The van der Waals surface area contributed by atoms with Gasteiger partial charge in [0, 0.05) is 24.7 Å². The Labute approximate surface area is 116 Å². The zero-order valence-electron chi connectivity index (χ0n) is 11.1. The minimum Gasteiger partial charge on any atom is -0.481 e. The van der Waals surface area contributed by atoms with Gasteiger partial charge in [0.1, 0.15) is 0 Å². The van der Waals surface area contributed by atoms with Crippen molar-refractivity contribution in [3.05, 3.63) is 58.3 Å². The topological polar surface area (TPSA) is 77.3 Å². The Balaban J connectivity index is 1.84. The van der Waals surface area contributed by atoms with Crippen molar-refractivity contribution in [2.45, 2.75) is 6.42 Å². The van der Waals surface area contributed by atoms with Gasteiger partial charge in [-0.1, -0.05) is 12.1 Å². The lowest BCUT2D eigenvalue weighted by Gasteiger charge is -2.06. The first-order valence-electron chi connectivity index (χ1n) is 6.16. The molecule has 0 unspecified atom stereocenters. The fourth-order valence-electron chi connectivity index (χ4n) is 1.74. The molecule has 0 spiro atoms. The number of methoxy groups -OCH3 is 1. The Kier molecular flexibility index (Phi) is 4.49. The van der Waals surface area contributed by atoms with Crippen LogP contribution in [0.1, 0.15) is 5.56 Å². The lowest BCUT2D eigenvalue weighted by atomic mass is 10.1. The van der Waals surface area contributed by atoms with Crippen molar-refractivity contribution in [1.82, 2.24) is 4.98 Å². The number of rotatable bonds is 6. The monoisotopic (exact) mass is 273 g/mol. The Morgan fingerprint density at radius 2 is 2.00 bits per heavy atom. The molecule has 1 aromatic heterocycles. The SMILES string of the molecule is COc1ccc(NCCc2ccc([N+](=O)[O-])cc2)cn1. The fourth-order valence-corrected chi connectivity index (χ4v) is 1.74. The van der Waals surface area contributed by atoms with Crippen LogP contribution in [0.25, 0.3) is 0 Å². The van der Waals surface area contributed by atoms with Gasteiger partial charge in [0.25, 0.3) is 5.69 Å². The molecule has 0 radical (unpaired) electrons. The molecule has 0 aliphatic carbocycles. The van der Waals surface area contributed by atoms with Crippen LogP contribution >= 0.6 is 0 Å². The number of aromatic nitrogens is 1. The van der Waals surface area contributed by atoms with E-state index in [-0.39, 0.29) is 5.69 Å². The van der Waals surface area contributed by atoms with E-state index < -0.39 is 4.92 Å². The molecule has 6 nitrogen and oxygen atoms in total. The van der Waals surface area contributed by atoms with E-state index in [1.807, 2.05) is 6.07 Å². The summed E-state index contributed by atoms with van der Waals surface area (Å²) in [5, 5.41) is 13.8. The highest BCUT2D eigenvalue weighted by Crippen LogP contribution is 2.13. The molecule has 104 valence electrons. The number of nitro benzene ring substituents is 1. The van der Waals surface area contributed by atoms with Crippen molar-refractivity contribution >= 4 is 11.4 Å². The summed E-state index contributed by atoms with van der Waals surface area (Å²) in [6.45, 7) is 0.728. The highest BCUT2D eigenvalue weighted by Gasteiger charge is 2.03. The summed E-state index contributed by atoms with van der Waals surface area (Å²) in [7, 11) is 1.57. The highest BCUT2D eigenvalue weighted by molar-refractivity contribution is 5.42. The van der Waals surface area contributed by atoms with Gasteiger partial charge >= 0.3 is 0 Å². The second-order valence-electron chi connectivity index (χ2n) is 4.19. The number of nitrogens with zero attached hydrogens (tertiary/aromatic N) is 2. The standard InChI is InChI=1S/C14H15N3O3/c1-20-14-7-4-12(10-16-14)15-9-8-11-2-5-13(6-3-11)17(18)19/h2-7,10,15H,8-9H2,1H3. The number of hydrogen-bond donors (Lipinski definition) is 1. The number of nitro groups is 1. The van der Waals surface area contributed by atoms with E-state index in [1.165, 1.54) is 12.1 Å². The number of non-ortho nitro benzene ring substituents is 1. The van der Waals surface area contributed by atoms with Gasteiger partial charge in [-0.15, -0.1) is 0 Å². The number of benzene rings is 1. The van der Waals surface area contributed by atoms with Crippen molar-refractivity contribution < 1.29 is 9.66 Å². The molecule has 2 rings (SSSR count). The van der Waals surface area contributed by atoms with Crippen LogP contribution < -0.4 is 10.1 Å². The zero-order valence-corrected chi connectivity index (χ0v) is 11.1. The van der Waals surface area contributed by atoms with Gasteiger partial charge in [-0.25, -0.2) is 4.98 Å². The Hall–Kier alpha value is -2.63. The van der Waals surface area contributed by atoms with Crippen LogP contribution in [-0.4, -0.2) is 23.6 Å². The molecular formula is C14H15N3O3. The van der Waals surface area contributed by atoms with Crippen LogP contribution in [0.5, 0.6) is 5.88 Å². The van der Waals surface area contributed by atoms with Gasteiger partial charge in [-0.2, -0.15) is 0 Å². The molecule has 6 heteroatoms. The minimum atomic E-state index is -0.398. The first-order valence-corrected chi connectivity index (χ1v) is 6.16. The third-order valence-corrected chi connectivity index (χ3v) is 2.84. The summed E-state index contributed by atoms with van der Waals surface area (Å²) in [5.41, 5.74) is 2.07. The summed E-state index contributed by atoms with van der Waals surface area (Å²) in [5.74, 6) is 0.575. The number of ether oxygens (including phenoxy) is 1. The molecule has 0 bridgehead atoms. The van der Waals surface area contributed by atoms with E-state index in [0.717, 1.165) is 24.2 Å². The first kappa shape index (κ1) is 13.8. The average molecular weight is 273 g/mol. The zero-order chi connectivity index (χ0) is 14.4. The maximum Gasteiger partial charge on any atom is 0.269 e. The van der Waals surface area contributed by atoms with Crippen molar-refractivity contribution in [3.8, 4) is 5.88 Å². The largest absolute Gasteiger partial charge is 0.481 e. The predicted molar refractivity (Wildman–Crippen MR) is 76.1 cm³/mol. The molecular weight excluding hydrogens is 258 g/mol. The quantitative estimate of drug-likeness (QED) is 0.646. The van der Waals surface area contributed by atoms with Crippen LogP contribution in [-0.2, 0) is 6.42 Å². The molecule has 0 aliphatic heterocycles. The number of anilines is 1. The number of nitrogens with one attached hydrogen (secondary N) is 1. The van der Waals surface area contributed by atoms with Crippen LogP contribution in [0.15, 0.2) is 42.6 Å². The van der Waals surface area contributed by atoms with Crippen LogP contribution in [0.3, 0.4) is 0 Å². The molecule has 20 heavy (non-hydrogen) atoms.